The molecule has 1 aromatic heterocycles. The van der Waals surface area contributed by atoms with Gasteiger partial charge in [0, 0.05) is 24.4 Å². The monoisotopic (exact) mass is 277 g/mol. The van der Waals surface area contributed by atoms with E-state index < -0.39 is 5.60 Å². The van der Waals surface area contributed by atoms with Gasteiger partial charge in [-0.15, -0.1) is 0 Å². The predicted molar refractivity (Wildman–Crippen MR) is 82.1 cm³/mol. The summed E-state index contributed by atoms with van der Waals surface area (Å²) in [6.07, 6.45) is 5.73. The molecule has 0 aliphatic heterocycles. The lowest BCUT2D eigenvalue weighted by Crippen LogP contribution is -2.27. The van der Waals surface area contributed by atoms with Crippen LogP contribution in [0.3, 0.4) is 0 Å². The van der Waals surface area contributed by atoms with Gasteiger partial charge in [0.2, 0.25) is 0 Å². The van der Waals surface area contributed by atoms with E-state index in [9.17, 15) is 0 Å². The molecular weight excluding hydrogens is 250 g/mol. The number of ether oxygens (including phenoxy) is 1. The quantitative estimate of drug-likeness (QED) is 0.865. The Hall–Kier alpha value is -1.16. The van der Waals surface area contributed by atoms with Crippen molar-refractivity contribution in [3.8, 4) is 0 Å². The highest BCUT2D eigenvalue weighted by atomic mass is 16.5. The summed E-state index contributed by atoms with van der Waals surface area (Å²) in [6, 6.07) is 0. The number of hydrogen-bond donors (Lipinski definition) is 1. The van der Waals surface area contributed by atoms with Crippen LogP contribution in [0.25, 0.3) is 0 Å². The third kappa shape index (κ3) is 3.29. The molecule has 0 aromatic carbocycles. The average Bonchev–Trinajstić information content (AvgIpc) is 2.44. The second kappa shape index (κ2) is 6.53. The Morgan fingerprint density at radius 3 is 2.60 bits per heavy atom. The molecule has 0 saturated carbocycles. The number of anilines is 1. The van der Waals surface area contributed by atoms with Gasteiger partial charge in [0.15, 0.2) is 5.82 Å². The highest BCUT2D eigenvalue weighted by molar-refractivity contribution is 5.48. The van der Waals surface area contributed by atoms with Crippen LogP contribution < -0.4 is 5.32 Å². The first-order valence-electron chi connectivity index (χ1n) is 7.86. The first kappa shape index (κ1) is 15.2. The number of nitrogens with zero attached hydrogens (tertiary/aromatic N) is 2. The molecule has 1 aliphatic rings. The Balaban J connectivity index is 2.38. The molecule has 0 atom stereocenters. The van der Waals surface area contributed by atoms with E-state index in [1.54, 1.807) is 0 Å². The highest BCUT2D eigenvalue weighted by Crippen LogP contribution is 2.29. The molecule has 0 amide bonds. The van der Waals surface area contributed by atoms with Crippen LogP contribution in [0.15, 0.2) is 0 Å². The lowest BCUT2D eigenvalue weighted by atomic mass is 9.95. The lowest BCUT2D eigenvalue weighted by Gasteiger charge is -2.27. The van der Waals surface area contributed by atoms with E-state index in [-0.39, 0.29) is 0 Å². The second-order valence-electron chi connectivity index (χ2n) is 5.90. The minimum absolute atomic E-state index is 0.427. The van der Waals surface area contributed by atoms with Crippen molar-refractivity contribution in [2.75, 3.05) is 18.5 Å². The summed E-state index contributed by atoms with van der Waals surface area (Å²) in [4.78, 5) is 9.56. The molecule has 112 valence electrons. The smallest absolute Gasteiger partial charge is 0.162 e. The molecule has 1 aliphatic carbocycles. The van der Waals surface area contributed by atoms with Gasteiger partial charge in [-0.25, -0.2) is 9.97 Å². The van der Waals surface area contributed by atoms with E-state index in [1.807, 2.05) is 20.8 Å². The first-order chi connectivity index (χ1) is 9.58. The van der Waals surface area contributed by atoms with Crippen LogP contribution in [0.4, 0.5) is 5.82 Å². The summed E-state index contributed by atoms with van der Waals surface area (Å²) in [5.74, 6) is 1.83. The van der Waals surface area contributed by atoms with Crippen molar-refractivity contribution >= 4 is 5.82 Å². The maximum Gasteiger partial charge on any atom is 0.162 e. The Morgan fingerprint density at radius 1 is 1.15 bits per heavy atom. The molecule has 1 N–H and O–H groups in total. The van der Waals surface area contributed by atoms with Crippen molar-refractivity contribution < 1.29 is 4.74 Å². The maximum absolute atomic E-state index is 5.81. The van der Waals surface area contributed by atoms with Gasteiger partial charge in [0.05, 0.1) is 0 Å². The normalized spacial score (nSPS) is 15.0. The van der Waals surface area contributed by atoms with Crippen molar-refractivity contribution in [3.05, 3.63) is 17.1 Å². The minimum atomic E-state index is -0.427. The van der Waals surface area contributed by atoms with Gasteiger partial charge >= 0.3 is 0 Å². The summed E-state index contributed by atoms with van der Waals surface area (Å²) >= 11 is 0. The van der Waals surface area contributed by atoms with Crippen molar-refractivity contribution in [1.29, 1.82) is 0 Å². The maximum atomic E-state index is 5.81. The number of nitrogens with one attached hydrogen (secondary N) is 1. The van der Waals surface area contributed by atoms with E-state index in [2.05, 4.69) is 12.2 Å². The second-order valence-corrected chi connectivity index (χ2v) is 5.90. The number of aryl methyl sites for hydroxylation is 1. The lowest BCUT2D eigenvalue weighted by molar-refractivity contribution is -0.0209. The van der Waals surface area contributed by atoms with Crippen LogP contribution in [0.2, 0.25) is 0 Å². The van der Waals surface area contributed by atoms with Crippen LogP contribution in [-0.4, -0.2) is 23.1 Å². The molecule has 0 saturated heterocycles. The van der Waals surface area contributed by atoms with Crippen molar-refractivity contribution in [2.24, 2.45) is 0 Å². The molecule has 0 radical (unpaired) electrons. The molecule has 0 bridgehead atoms. The van der Waals surface area contributed by atoms with E-state index in [0.717, 1.165) is 37.4 Å². The summed E-state index contributed by atoms with van der Waals surface area (Å²) in [5, 5.41) is 3.47. The minimum Gasteiger partial charge on any atom is -0.370 e. The standard InChI is InChI=1S/C16H27N3O/c1-5-11-17-14-12-9-7-8-10-13(12)18-15(19-14)16(3,4)20-6-2/h5-11H2,1-4H3,(H,17,18,19). The van der Waals surface area contributed by atoms with E-state index in [0.29, 0.717) is 6.61 Å². The summed E-state index contributed by atoms with van der Waals surface area (Å²) in [7, 11) is 0. The van der Waals surface area contributed by atoms with Crippen molar-refractivity contribution in [2.45, 2.75) is 65.4 Å². The van der Waals surface area contributed by atoms with Crippen molar-refractivity contribution in [1.82, 2.24) is 9.97 Å². The van der Waals surface area contributed by atoms with Gasteiger partial charge in [-0.05, 0) is 52.9 Å². The van der Waals surface area contributed by atoms with E-state index >= 15 is 0 Å². The summed E-state index contributed by atoms with van der Waals surface area (Å²) < 4.78 is 5.81. The molecule has 1 heterocycles. The van der Waals surface area contributed by atoms with Gasteiger partial charge in [-0.1, -0.05) is 6.92 Å². The third-order valence-corrected chi connectivity index (χ3v) is 3.77. The Morgan fingerprint density at radius 2 is 1.90 bits per heavy atom. The molecule has 2 rings (SSSR count). The molecule has 0 spiro atoms. The SMILES string of the molecule is CCCNc1nc(C(C)(C)OCC)nc2c1CCCC2. The zero-order valence-corrected chi connectivity index (χ0v) is 13.3. The molecule has 0 fully saturated rings. The van der Waals surface area contributed by atoms with Crippen LogP contribution in [0.5, 0.6) is 0 Å². The third-order valence-electron chi connectivity index (χ3n) is 3.77. The number of aromatic nitrogens is 2. The summed E-state index contributed by atoms with van der Waals surface area (Å²) in [5.41, 5.74) is 2.11. The Bertz CT molecular complexity index is 457. The van der Waals surface area contributed by atoms with Crippen LogP contribution in [0, 0.1) is 0 Å². The fourth-order valence-corrected chi connectivity index (χ4v) is 2.68. The average molecular weight is 277 g/mol. The molecule has 20 heavy (non-hydrogen) atoms. The molecule has 1 aromatic rings. The number of hydrogen-bond acceptors (Lipinski definition) is 4. The Labute approximate surface area is 122 Å². The van der Waals surface area contributed by atoms with Gasteiger partial charge in [-0.2, -0.15) is 0 Å². The van der Waals surface area contributed by atoms with Crippen LogP contribution in [0.1, 0.15) is 64.0 Å². The summed E-state index contributed by atoms with van der Waals surface area (Å²) in [6.45, 7) is 9.90. The van der Waals surface area contributed by atoms with Crippen LogP contribution in [-0.2, 0) is 23.2 Å². The van der Waals surface area contributed by atoms with Crippen molar-refractivity contribution in [3.63, 3.8) is 0 Å². The zero-order chi connectivity index (χ0) is 14.6. The molecule has 4 heteroatoms. The Kier molecular flexibility index (Phi) is 4.97. The number of fused-ring (bicyclic) bond motifs is 1. The number of rotatable bonds is 6. The van der Waals surface area contributed by atoms with Gasteiger partial charge in [-0.3, -0.25) is 0 Å². The largest absolute Gasteiger partial charge is 0.370 e. The van der Waals surface area contributed by atoms with E-state index in [4.69, 9.17) is 14.7 Å². The van der Waals surface area contributed by atoms with Gasteiger partial charge < -0.3 is 10.1 Å². The highest BCUT2D eigenvalue weighted by Gasteiger charge is 2.27. The fraction of sp³-hybridized carbons (Fsp3) is 0.750. The predicted octanol–water partition coefficient (Wildman–Crippen LogP) is 3.45. The fourth-order valence-electron chi connectivity index (χ4n) is 2.68. The zero-order valence-electron chi connectivity index (χ0n) is 13.3. The van der Waals surface area contributed by atoms with Gasteiger partial charge in [0.1, 0.15) is 11.4 Å². The first-order valence-corrected chi connectivity index (χ1v) is 7.86. The molecular formula is C16H27N3O. The van der Waals surface area contributed by atoms with Gasteiger partial charge in [0.25, 0.3) is 0 Å². The van der Waals surface area contributed by atoms with Crippen LogP contribution >= 0.6 is 0 Å². The topological polar surface area (TPSA) is 47.0 Å². The molecule has 0 unspecified atom stereocenters. The van der Waals surface area contributed by atoms with E-state index in [1.165, 1.54) is 24.1 Å². The molecule has 4 nitrogen and oxygen atoms in total.